The Morgan fingerprint density at radius 1 is 1.42 bits per heavy atom. The summed E-state index contributed by atoms with van der Waals surface area (Å²) in [7, 11) is 0. The van der Waals surface area contributed by atoms with E-state index in [4.69, 9.17) is 0 Å². The van der Waals surface area contributed by atoms with Gasteiger partial charge in [-0.1, -0.05) is 11.3 Å². The minimum atomic E-state index is -0.536. The lowest BCUT2D eigenvalue weighted by molar-refractivity contribution is 0.199. The maximum Gasteiger partial charge on any atom is 0.189 e. The fraction of sp³-hybridized carbons (Fsp3) is 0.286. The molecule has 0 saturated carbocycles. The molecule has 62 valence electrons. The highest BCUT2D eigenvalue weighted by atomic mass is 32.1. The maximum atomic E-state index is 9.22. The number of thiazole rings is 1. The van der Waals surface area contributed by atoms with Crippen LogP contribution in [0, 0.1) is 0 Å². The molecule has 1 N–H and O–H groups in total. The second kappa shape index (κ2) is 2.76. The number of hydrogen-bond acceptors (Lipinski definition) is 5. The number of hydrogen-bond donors (Lipinski definition) is 1. The number of aliphatic hydroxyl groups excluding tert-OH is 1. The summed E-state index contributed by atoms with van der Waals surface area (Å²) in [5, 5.41) is 9.88. The average molecular weight is 181 g/mol. The lowest BCUT2D eigenvalue weighted by Crippen LogP contribution is -1.87. The summed E-state index contributed by atoms with van der Waals surface area (Å²) in [5.74, 6) is 0. The molecule has 0 radical (unpaired) electrons. The topological polar surface area (TPSA) is 58.9 Å². The number of fused-ring (bicyclic) bond motifs is 1. The first kappa shape index (κ1) is 7.57. The van der Waals surface area contributed by atoms with Gasteiger partial charge in [-0.15, -0.1) is 0 Å². The molecule has 12 heavy (non-hydrogen) atoms. The van der Waals surface area contributed by atoms with Gasteiger partial charge < -0.3 is 5.11 Å². The molecule has 1 atom stereocenters. The number of aliphatic hydroxyl groups is 1. The van der Waals surface area contributed by atoms with Gasteiger partial charge in [0.15, 0.2) is 10.5 Å². The van der Waals surface area contributed by atoms with Crippen LogP contribution < -0.4 is 0 Å². The first-order valence-corrected chi connectivity index (χ1v) is 4.34. The molecular formula is C7H7N3OS. The number of rotatable bonds is 1. The Morgan fingerprint density at radius 3 is 2.83 bits per heavy atom. The summed E-state index contributed by atoms with van der Waals surface area (Å²) >= 11 is 1.37. The standard InChI is InChI=1S/C7H7N3OS/c1-4(11)6-10-5-7(12-6)9-3-2-8-5/h2-4,11H,1H3. The third-order valence-corrected chi connectivity index (χ3v) is 2.54. The van der Waals surface area contributed by atoms with Crippen molar-refractivity contribution in [2.45, 2.75) is 13.0 Å². The highest BCUT2D eigenvalue weighted by molar-refractivity contribution is 7.18. The summed E-state index contributed by atoms with van der Waals surface area (Å²) in [5.41, 5.74) is 0.610. The Balaban J connectivity index is 2.62. The number of aromatic nitrogens is 3. The second-order valence-electron chi connectivity index (χ2n) is 2.41. The van der Waals surface area contributed by atoms with Gasteiger partial charge in [-0.2, -0.15) is 0 Å². The quantitative estimate of drug-likeness (QED) is 0.716. The largest absolute Gasteiger partial charge is 0.386 e. The Bertz CT molecular complexity index is 365. The molecule has 1 unspecified atom stereocenters. The van der Waals surface area contributed by atoms with Crippen LogP contribution in [0.3, 0.4) is 0 Å². The van der Waals surface area contributed by atoms with Crippen molar-refractivity contribution in [1.29, 1.82) is 0 Å². The lowest BCUT2D eigenvalue weighted by Gasteiger charge is -1.93. The maximum absolute atomic E-state index is 9.22. The van der Waals surface area contributed by atoms with Crippen LogP contribution in [-0.2, 0) is 0 Å². The third-order valence-electron chi connectivity index (χ3n) is 1.42. The van der Waals surface area contributed by atoms with Crippen LogP contribution in [0.2, 0.25) is 0 Å². The van der Waals surface area contributed by atoms with Crippen LogP contribution >= 0.6 is 11.3 Å². The van der Waals surface area contributed by atoms with E-state index in [1.807, 2.05) is 0 Å². The molecular weight excluding hydrogens is 174 g/mol. The van der Waals surface area contributed by atoms with Gasteiger partial charge in [-0.05, 0) is 6.92 Å². The van der Waals surface area contributed by atoms with E-state index in [9.17, 15) is 5.11 Å². The van der Waals surface area contributed by atoms with Gasteiger partial charge in [0.2, 0.25) is 0 Å². The molecule has 5 heteroatoms. The van der Waals surface area contributed by atoms with Gasteiger partial charge in [-0.3, -0.25) is 0 Å². The van der Waals surface area contributed by atoms with E-state index in [1.54, 1.807) is 19.3 Å². The van der Waals surface area contributed by atoms with Crippen molar-refractivity contribution >= 4 is 21.8 Å². The molecule has 0 aliphatic carbocycles. The van der Waals surface area contributed by atoms with Crippen molar-refractivity contribution in [1.82, 2.24) is 15.0 Å². The molecule has 0 aromatic carbocycles. The monoisotopic (exact) mass is 181 g/mol. The third kappa shape index (κ3) is 1.17. The molecule has 0 aliphatic heterocycles. The second-order valence-corrected chi connectivity index (χ2v) is 3.42. The van der Waals surface area contributed by atoms with Crippen LogP contribution in [0.4, 0.5) is 0 Å². The van der Waals surface area contributed by atoms with E-state index in [0.717, 1.165) is 4.83 Å². The zero-order valence-electron chi connectivity index (χ0n) is 6.43. The molecule has 0 bridgehead atoms. The van der Waals surface area contributed by atoms with Gasteiger partial charge in [0.05, 0.1) is 0 Å². The zero-order valence-corrected chi connectivity index (χ0v) is 7.25. The molecule has 0 saturated heterocycles. The SMILES string of the molecule is CC(O)c1nc2nccnc2s1. The minimum Gasteiger partial charge on any atom is -0.386 e. The van der Waals surface area contributed by atoms with Crippen molar-refractivity contribution in [3.8, 4) is 0 Å². The predicted molar refractivity (Wildman–Crippen MR) is 45.8 cm³/mol. The highest BCUT2D eigenvalue weighted by Crippen LogP contribution is 2.22. The van der Waals surface area contributed by atoms with Crippen molar-refractivity contribution < 1.29 is 5.11 Å². The summed E-state index contributed by atoms with van der Waals surface area (Å²) in [6.45, 7) is 1.68. The van der Waals surface area contributed by atoms with Crippen LogP contribution in [-0.4, -0.2) is 20.1 Å². The fourth-order valence-electron chi connectivity index (χ4n) is 0.872. The molecule has 0 aliphatic rings. The van der Waals surface area contributed by atoms with Gasteiger partial charge in [0.25, 0.3) is 0 Å². The zero-order chi connectivity index (χ0) is 8.55. The van der Waals surface area contributed by atoms with Crippen LogP contribution in [0.5, 0.6) is 0 Å². The number of nitrogens with zero attached hydrogens (tertiary/aromatic N) is 3. The fourth-order valence-corrected chi connectivity index (χ4v) is 1.68. The first-order valence-electron chi connectivity index (χ1n) is 3.53. The molecule has 2 heterocycles. The van der Waals surface area contributed by atoms with Crippen molar-refractivity contribution in [2.24, 2.45) is 0 Å². The van der Waals surface area contributed by atoms with Gasteiger partial charge in [0, 0.05) is 12.4 Å². The van der Waals surface area contributed by atoms with E-state index in [-0.39, 0.29) is 0 Å². The van der Waals surface area contributed by atoms with Crippen molar-refractivity contribution in [3.63, 3.8) is 0 Å². The predicted octanol–water partition coefficient (Wildman–Crippen LogP) is 1.14. The lowest BCUT2D eigenvalue weighted by atomic mass is 10.4. The van der Waals surface area contributed by atoms with Gasteiger partial charge >= 0.3 is 0 Å². The molecule has 2 rings (SSSR count). The minimum absolute atomic E-state index is 0.536. The summed E-state index contributed by atoms with van der Waals surface area (Å²) in [6, 6.07) is 0. The Kier molecular flexibility index (Phi) is 1.74. The van der Waals surface area contributed by atoms with E-state index in [2.05, 4.69) is 15.0 Å². The smallest absolute Gasteiger partial charge is 0.189 e. The van der Waals surface area contributed by atoms with E-state index < -0.39 is 6.10 Å². The highest BCUT2D eigenvalue weighted by Gasteiger charge is 2.08. The first-order chi connectivity index (χ1) is 5.77. The van der Waals surface area contributed by atoms with Crippen molar-refractivity contribution in [3.05, 3.63) is 17.4 Å². The molecule has 2 aromatic rings. The van der Waals surface area contributed by atoms with Crippen LogP contribution in [0.15, 0.2) is 12.4 Å². The van der Waals surface area contributed by atoms with Gasteiger partial charge in [0.1, 0.15) is 11.1 Å². The van der Waals surface area contributed by atoms with E-state index in [1.165, 1.54) is 11.3 Å². The van der Waals surface area contributed by atoms with Crippen LogP contribution in [0.25, 0.3) is 10.5 Å². The molecule has 0 amide bonds. The molecule has 0 fully saturated rings. The van der Waals surface area contributed by atoms with Crippen molar-refractivity contribution in [2.75, 3.05) is 0 Å². The average Bonchev–Trinajstić information content (AvgIpc) is 2.46. The Morgan fingerprint density at radius 2 is 2.17 bits per heavy atom. The molecule has 0 spiro atoms. The molecule has 4 nitrogen and oxygen atoms in total. The van der Waals surface area contributed by atoms with E-state index in [0.29, 0.717) is 10.7 Å². The van der Waals surface area contributed by atoms with E-state index >= 15 is 0 Å². The summed E-state index contributed by atoms with van der Waals surface area (Å²) in [4.78, 5) is 13.0. The molecule has 2 aromatic heterocycles. The van der Waals surface area contributed by atoms with Crippen LogP contribution in [0.1, 0.15) is 18.0 Å². The van der Waals surface area contributed by atoms with Gasteiger partial charge in [-0.25, -0.2) is 15.0 Å². The Hall–Kier alpha value is -1.07. The summed E-state index contributed by atoms with van der Waals surface area (Å²) in [6.07, 6.45) is 2.67. The summed E-state index contributed by atoms with van der Waals surface area (Å²) < 4.78 is 0. The normalized spacial score (nSPS) is 13.5. The Labute approximate surface area is 72.9 Å².